The zero-order chi connectivity index (χ0) is 27.1. The van der Waals surface area contributed by atoms with Crippen molar-refractivity contribution in [3.05, 3.63) is 59.9 Å². The fourth-order valence-corrected chi connectivity index (χ4v) is 4.21. The van der Waals surface area contributed by atoms with Gasteiger partial charge in [-0.1, -0.05) is 24.3 Å². The van der Waals surface area contributed by atoms with Crippen LogP contribution in [-0.4, -0.2) is 42.7 Å². The Bertz CT molecular complexity index is 1500. The molecule has 2 aliphatic rings. The molecule has 2 aliphatic carbocycles. The first-order valence-electron chi connectivity index (χ1n) is 12.6. The molecule has 9 nitrogen and oxygen atoms in total. The summed E-state index contributed by atoms with van der Waals surface area (Å²) in [6.45, 7) is 0.157. The van der Waals surface area contributed by atoms with Crippen LogP contribution in [0.1, 0.15) is 48.6 Å². The smallest absolute Gasteiger partial charge is 0.434 e. The van der Waals surface area contributed by atoms with E-state index in [0.717, 1.165) is 43.1 Å². The van der Waals surface area contributed by atoms with Crippen molar-refractivity contribution in [3.8, 4) is 40.3 Å². The minimum atomic E-state index is -4.50. The average molecular weight is 539 g/mol. The second-order valence-corrected chi connectivity index (χ2v) is 9.64. The molecule has 2 fully saturated rings. The summed E-state index contributed by atoms with van der Waals surface area (Å²) in [5.74, 6) is 2.04. The highest BCUT2D eigenvalue weighted by Gasteiger charge is 2.35. The first-order chi connectivity index (χ1) is 18.8. The minimum Gasteiger partial charge on any atom is -0.483 e. The van der Waals surface area contributed by atoms with Crippen LogP contribution in [0.4, 0.5) is 13.2 Å². The molecule has 0 radical (unpaired) electrons. The van der Waals surface area contributed by atoms with E-state index in [4.69, 9.17) is 14.2 Å². The maximum atomic E-state index is 13.1. The van der Waals surface area contributed by atoms with Gasteiger partial charge in [0.1, 0.15) is 24.3 Å². The summed E-state index contributed by atoms with van der Waals surface area (Å²) in [6, 6.07) is 6.98. The topological polar surface area (TPSA) is 97.1 Å². The van der Waals surface area contributed by atoms with E-state index in [-0.39, 0.29) is 24.4 Å². The van der Waals surface area contributed by atoms with E-state index < -0.39 is 11.9 Å². The maximum absolute atomic E-state index is 13.1. The van der Waals surface area contributed by atoms with Gasteiger partial charge in [-0.2, -0.15) is 18.2 Å². The number of rotatable bonds is 9. The fourth-order valence-electron chi connectivity index (χ4n) is 4.21. The second kappa shape index (κ2) is 9.83. The van der Waals surface area contributed by atoms with Crippen LogP contribution in [0.5, 0.6) is 17.5 Å². The van der Waals surface area contributed by atoms with E-state index in [2.05, 4.69) is 24.9 Å². The number of hydrogen-bond donors (Lipinski definition) is 0. The van der Waals surface area contributed by atoms with Gasteiger partial charge < -0.3 is 18.8 Å². The van der Waals surface area contributed by atoms with Gasteiger partial charge in [0, 0.05) is 24.7 Å². The van der Waals surface area contributed by atoms with Gasteiger partial charge in [0.05, 0.1) is 25.1 Å². The highest BCUT2D eigenvalue weighted by Crippen LogP contribution is 2.45. The molecule has 3 heterocycles. The molecular weight excluding hydrogens is 513 g/mol. The lowest BCUT2D eigenvalue weighted by Crippen LogP contribution is -2.07. The summed E-state index contributed by atoms with van der Waals surface area (Å²) in [5, 5.41) is 0. The number of aryl methyl sites for hydroxylation is 1. The van der Waals surface area contributed by atoms with Gasteiger partial charge in [-0.25, -0.2) is 19.9 Å². The third-order valence-electron chi connectivity index (χ3n) is 6.52. The predicted molar refractivity (Wildman–Crippen MR) is 133 cm³/mol. The Kier molecular flexibility index (Phi) is 6.32. The summed E-state index contributed by atoms with van der Waals surface area (Å²) < 4.78 is 58.1. The molecule has 0 amide bonds. The molecule has 0 unspecified atom stereocenters. The Morgan fingerprint density at radius 3 is 2.38 bits per heavy atom. The minimum absolute atomic E-state index is 0.108. The molecule has 0 bridgehead atoms. The van der Waals surface area contributed by atoms with Crippen LogP contribution in [0.3, 0.4) is 0 Å². The summed E-state index contributed by atoms with van der Waals surface area (Å²) >= 11 is 0. The van der Waals surface area contributed by atoms with Crippen molar-refractivity contribution in [3.63, 3.8) is 0 Å². The van der Waals surface area contributed by atoms with Gasteiger partial charge in [0.2, 0.25) is 5.88 Å². The van der Waals surface area contributed by atoms with Gasteiger partial charge in [0.25, 0.3) is 5.88 Å². The molecule has 0 aliphatic heterocycles. The first-order valence-corrected chi connectivity index (χ1v) is 12.6. The number of aromatic nitrogens is 6. The molecular formula is C27H25F3N6O3. The van der Waals surface area contributed by atoms with Crippen LogP contribution in [0.25, 0.3) is 22.8 Å². The lowest BCUT2D eigenvalue weighted by Gasteiger charge is -2.14. The van der Waals surface area contributed by atoms with E-state index in [1.165, 1.54) is 17.9 Å². The SMILES string of the molecule is COc1ncnc(C2CC2)c1-c1ncc(OC2CC2)c(OCc2ccc(-c3nc(C(F)(F)F)cn3C)cc2)n1. The van der Waals surface area contributed by atoms with Crippen LogP contribution in [0.15, 0.2) is 43.0 Å². The molecule has 4 aromatic rings. The van der Waals surface area contributed by atoms with Crippen LogP contribution >= 0.6 is 0 Å². The van der Waals surface area contributed by atoms with E-state index in [0.29, 0.717) is 34.5 Å². The normalized spacial score (nSPS) is 15.3. The molecule has 2 saturated carbocycles. The number of nitrogens with zero attached hydrogens (tertiary/aromatic N) is 6. The number of imidazole rings is 1. The standard InChI is InChI=1S/C27H25F3N6O3/c1-36-12-20(27(28,29)30)34-24(36)17-5-3-15(4-6-17)13-38-25-19(39-18-9-10-18)11-31-23(35-25)21-22(16-7-8-16)32-14-33-26(21)37-2/h3-6,11-12,14,16,18H,7-10,13H2,1-2H3. The van der Waals surface area contributed by atoms with Gasteiger partial charge in [-0.3, -0.25) is 0 Å². The Morgan fingerprint density at radius 1 is 0.974 bits per heavy atom. The van der Waals surface area contributed by atoms with Gasteiger partial charge in [-0.15, -0.1) is 0 Å². The summed E-state index contributed by atoms with van der Waals surface area (Å²) in [4.78, 5) is 21.7. The molecule has 6 rings (SSSR count). The highest BCUT2D eigenvalue weighted by molar-refractivity contribution is 5.66. The fraction of sp³-hybridized carbons (Fsp3) is 0.370. The van der Waals surface area contributed by atoms with E-state index in [1.54, 1.807) is 37.6 Å². The average Bonchev–Trinajstić information content (AvgIpc) is 3.86. The Hall–Kier alpha value is -4.22. The molecule has 0 saturated heterocycles. The number of methoxy groups -OCH3 is 1. The zero-order valence-electron chi connectivity index (χ0n) is 21.3. The third kappa shape index (κ3) is 5.36. The molecule has 1 aromatic carbocycles. The largest absolute Gasteiger partial charge is 0.483 e. The number of halogens is 3. The quantitative estimate of drug-likeness (QED) is 0.281. The number of benzene rings is 1. The van der Waals surface area contributed by atoms with Crippen LogP contribution in [-0.2, 0) is 19.8 Å². The lowest BCUT2D eigenvalue weighted by atomic mass is 10.1. The predicted octanol–water partition coefficient (Wildman–Crippen LogP) is 5.36. The van der Waals surface area contributed by atoms with Crippen molar-refractivity contribution >= 4 is 0 Å². The molecule has 202 valence electrons. The number of alkyl halides is 3. The van der Waals surface area contributed by atoms with Crippen molar-refractivity contribution in [2.24, 2.45) is 7.05 Å². The zero-order valence-corrected chi connectivity index (χ0v) is 21.3. The number of ether oxygens (including phenoxy) is 3. The van der Waals surface area contributed by atoms with Gasteiger partial charge >= 0.3 is 6.18 Å². The second-order valence-electron chi connectivity index (χ2n) is 9.64. The number of hydrogen-bond acceptors (Lipinski definition) is 8. The molecule has 0 spiro atoms. The van der Waals surface area contributed by atoms with Crippen molar-refractivity contribution in [2.75, 3.05) is 7.11 Å². The van der Waals surface area contributed by atoms with Crippen LogP contribution < -0.4 is 14.2 Å². The van der Waals surface area contributed by atoms with E-state index in [1.807, 2.05) is 0 Å². The Morgan fingerprint density at radius 2 is 1.74 bits per heavy atom. The third-order valence-corrected chi connectivity index (χ3v) is 6.52. The van der Waals surface area contributed by atoms with Crippen molar-refractivity contribution < 1.29 is 27.4 Å². The van der Waals surface area contributed by atoms with Crippen molar-refractivity contribution in [1.82, 2.24) is 29.5 Å². The van der Waals surface area contributed by atoms with Crippen molar-refractivity contribution in [2.45, 2.75) is 50.5 Å². The molecule has 12 heteroatoms. The van der Waals surface area contributed by atoms with Crippen LogP contribution in [0.2, 0.25) is 0 Å². The molecule has 3 aromatic heterocycles. The van der Waals surface area contributed by atoms with E-state index >= 15 is 0 Å². The molecule has 0 N–H and O–H groups in total. The molecule has 39 heavy (non-hydrogen) atoms. The summed E-state index contributed by atoms with van der Waals surface area (Å²) in [6.07, 6.45) is 3.64. The highest BCUT2D eigenvalue weighted by atomic mass is 19.4. The Balaban J connectivity index is 1.25. The summed E-state index contributed by atoms with van der Waals surface area (Å²) in [5.41, 5.74) is 1.91. The van der Waals surface area contributed by atoms with Crippen LogP contribution in [0, 0.1) is 0 Å². The van der Waals surface area contributed by atoms with Crippen molar-refractivity contribution in [1.29, 1.82) is 0 Å². The van der Waals surface area contributed by atoms with E-state index in [9.17, 15) is 13.2 Å². The monoisotopic (exact) mass is 538 g/mol. The van der Waals surface area contributed by atoms with Gasteiger partial charge in [0.15, 0.2) is 17.3 Å². The Labute approximate surface area is 222 Å². The first kappa shape index (κ1) is 25.1. The van der Waals surface area contributed by atoms with Gasteiger partial charge in [-0.05, 0) is 31.2 Å². The lowest BCUT2D eigenvalue weighted by molar-refractivity contribution is -0.140. The summed E-state index contributed by atoms with van der Waals surface area (Å²) in [7, 11) is 3.08. The molecule has 0 atom stereocenters. The maximum Gasteiger partial charge on any atom is 0.434 e.